The Morgan fingerprint density at radius 2 is 1.88 bits per heavy atom. The van der Waals surface area contributed by atoms with E-state index in [4.69, 9.17) is 22.1 Å². The topological polar surface area (TPSA) is 55.5 Å². The van der Waals surface area contributed by atoms with Crippen LogP contribution in [0.5, 0.6) is 11.5 Å². The summed E-state index contributed by atoms with van der Waals surface area (Å²) in [5.41, 5.74) is 7.78. The summed E-state index contributed by atoms with van der Waals surface area (Å²) in [4.78, 5) is 0. The van der Waals surface area contributed by atoms with Crippen molar-refractivity contribution >= 4 is 17.3 Å². The lowest BCUT2D eigenvalue weighted by Gasteiger charge is -2.10. The summed E-state index contributed by atoms with van der Waals surface area (Å²) in [5.74, 6) is 0.819. The summed E-state index contributed by atoms with van der Waals surface area (Å²) < 4.78 is 5.07. The first-order chi connectivity index (χ1) is 8.11. The van der Waals surface area contributed by atoms with Crippen molar-refractivity contribution in [2.24, 2.45) is 0 Å². The second-order valence-corrected chi connectivity index (χ2v) is 4.05. The standard InChI is InChI=1S/C13H12ClNO2/c1-17-9-3-4-10(12(15)7-9)11-6-8(14)2-5-13(11)16/h2-7,16H,15H2,1H3. The molecule has 0 aromatic heterocycles. The number of phenols is 1. The largest absolute Gasteiger partial charge is 0.507 e. The van der Waals surface area contributed by atoms with Gasteiger partial charge in [0.05, 0.1) is 7.11 Å². The molecule has 0 atom stereocenters. The first-order valence-corrected chi connectivity index (χ1v) is 5.42. The zero-order valence-electron chi connectivity index (χ0n) is 9.27. The Balaban J connectivity index is 2.56. The van der Waals surface area contributed by atoms with Crippen LogP contribution in [0.3, 0.4) is 0 Å². The van der Waals surface area contributed by atoms with Crippen LogP contribution in [-0.4, -0.2) is 12.2 Å². The number of nitrogen functional groups attached to an aromatic ring is 1. The number of phenolic OH excluding ortho intramolecular Hbond substituents is 1. The van der Waals surface area contributed by atoms with Gasteiger partial charge in [0.25, 0.3) is 0 Å². The highest BCUT2D eigenvalue weighted by Crippen LogP contribution is 2.36. The van der Waals surface area contributed by atoms with Crippen molar-refractivity contribution in [2.75, 3.05) is 12.8 Å². The summed E-state index contributed by atoms with van der Waals surface area (Å²) in [6.45, 7) is 0. The van der Waals surface area contributed by atoms with Gasteiger partial charge in [-0.05, 0) is 30.3 Å². The van der Waals surface area contributed by atoms with Gasteiger partial charge in [-0.3, -0.25) is 0 Å². The lowest BCUT2D eigenvalue weighted by molar-refractivity contribution is 0.415. The van der Waals surface area contributed by atoms with E-state index < -0.39 is 0 Å². The molecule has 3 N–H and O–H groups in total. The van der Waals surface area contributed by atoms with E-state index in [9.17, 15) is 5.11 Å². The van der Waals surface area contributed by atoms with Crippen LogP contribution in [0.1, 0.15) is 0 Å². The van der Waals surface area contributed by atoms with E-state index in [2.05, 4.69) is 0 Å². The molecule has 0 saturated carbocycles. The summed E-state index contributed by atoms with van der Waals surface area (Å²) in [6, 6.07) is 10.1. The van der Waals surface area contributed by atoms with Crippen molar-refractivity contribution in [1.29, 1.82) is 0 Å². The first kappa shape index (κ1) is 11.6. The molecule has 2 rings (SSSR count). The molecule has 88 valence electrons. The third-order valence-electron chi connectivity index (χ3n) is 2.51. The molecule has 0 amide bonds. The molecular formula is C13H12ClNO2. The fraction of sp³-hybridized carbons (Fsp3) is 0.0769. The molecule has 0 aliphatic heterocycles. The van der Waals surface area contributed by atoms with E-state index in [1.165, 1.54) is 0 Å². The number of methoxy groups -OCH3 is 1. The smallest absolute Gasteiger partial charge is 0.123 e. The van der Waals surface area contributed by atoms with E-state index in [1.54, 1.807) is 43.5 Å². The van der Waals surface area contributed by atoms with Gasteiger partial charge in [-0.25, -0.2) is 0 Å². The molecule has 2 aromatic carbocycles. The maximum absolute atomic E-state index is 9.79. The number of nitrogens with two attached hydrogens (primary N) is 1. The lowest BCUT2D eigenvalue weighted by Crippen LogP contribution is -1.92. The molecule has 0 unspecified atom stereocenters. The monoisotopic (exact) mass is 249 g/mol. The highest BCUT2D eigenvalue weighted by molar-refractivity contribution is 6.31. The molecule has 0 aliphatic carbocycles. The molecule has 0 heterocycles. The van der Waals surface area contributed by atoms with Gasteiger partial charge in [0.2, 0.25) is 0 Å². The molecule has 0 radical (unpaired) electrons. The molecule has 4 heteroatoms. The molecule has 2 aromatic rings. The van der Waals surface area contributed by atoms with Crippen molar-refractivity contribution < 1.29 is 9.84 Å². The van der Waals surface area contributed by atoms with Crippen LogP contribution < -0.4 is 10.5 Å². The average molecular weight is 250 g/mol. The summed E-state index contributed by atoms with van der Waals surface area (Å²) in [7, 11) is 1.57. The quantitative estimate of drug-likeness (QED) is 0.803. The Morgan fingerprint density at radius 3 is 2.53 bits per heavy atom. The third kappa shape index (κ3) is 2.29. The number of hydrogen-bond donors (Lipinski definition) is 2. The van der Waals surface area contributed by atoms with E-state index in [0.717, 1.165) is 5.56 Å². The third-order valence-corrected chi connectivity index (χ3v) is 2.74. The van der Waals surface area contributed by atoms with Crippen molar-refractivity contribution in [3.63, 3.8) is 0 Å². The van der Waals surface area contributed by atoms with Gasteiger partial charge in [-0.2, -0.15) is 0 Å². The number of hydrogen-bond acceptors (Lipinski definition) is 3. The summed E-state index contributed by atoms with van der Waals surface area (Å²) >= 11 is 5.90. The molecule has 0 spiro atoms. The van der Waals surface area contributed by atoms with Crippen LogP contribution in [-0.2, 0) is 0 Å². The molecule has 0 fully saturated rings. The molecule has 0 saturated heterocycles. The second-order valence-electron chi connectivity index (χ2n) is 3.61. The van der Waals surface area contributed by atoms with Gasteiger partial charge in [-0.1, -0.05) is 11.6 Å². The Hall–Kier alpha value is -1.87. The second kappa shape index (κ2) is 4.55. The highest BCUT2D eigenvalue weighted by atomic mass is 35.5. The van der Waals surface area contributed by atoms with E-state index in [-0.39, 0.29) is 5.75 Å². The number of aromatic hydroxyl groups is 1. The van der Waals surface area contributed by atoms with Crippen LogP contribution in [0, 0.1) is 0 Å². The molecule has 0 aliphatic rings. The van der Waals surface area contributed by atoms with Crippen LogP contribution in [0.2, 0.25) is 5.02 Å². The predicted molar refractivity (Wildman–Crippen MR) is 69.5 cm³/mol. The Labute approximate surface area is 104 Å². The fourth-order valence-electron chi connectivity index (χ4n) is 1.64. The Kier molecular flexibility index (Phi) is 3.11. The minimum atomic E-state index is 0.145. The Bertz CT molecular complexity index is 555. The van der Waals surface area contributed by atoms with Crippen molar-refractivity contribution in [3.8, 4) is 22.6 Å². The summed E-state index contributed by atoms with van der Waals surface area (Å²) in [5, 5.41) is 10.3. The fourth-order valence-corrected chi connectivity index (χ4v) is 1.81. The normalized spacial score (nSPS) is 10.2. The predicted octanol–water partition coefficient (Wildman–Crippen LogP) is 3.30. The molecular weight excluding hydrogens is 238 g/mol. The molecule has 3 nitrogen and oxygen atoms in total. The van der Waals surface area contributed by atoms with Gasteiger partial charge in [0, 0.05) is 27.9 Å². The van der Waals surface area contributed by atoms with Gasteiger partial charge in [0.1, 0.15) is 11.5 Å². The first-order valence-electron chi connectivity index (χ1n) is 5.04. The maximum Gasteiger partial charge on any atom is 0.123 e. The molecule has 0 bridgehead atoms. The maximum atomic E-state index is 9.79. The van der Waals surface area contributed by atoms with Crippen LogP contribution in [0.15, 0.2) is 36.4 Å². The number of rotatable bonds is 2. The average Bonchev–Trinajstić information content (AvgIpc) is 2.32. The van der Waals surface area contributed by atoms with Crippen molar-refractivity contribution in [3.05, 3.63) is 41.4 Å². The zero-order chi connectivity index (χ0) is 12.4. The minimum absolute atomic E-state index is 0.145. The lowest BCUT2D eigenvalue weighted by atomic mass is 10.0. The van der Waals surface area contributed by atoms with E-state index in [0.29, 0.717) is 22.0 Å². The van der Waals surface area contributed by atoms with E-state index >= 15 is 0 Å². The minimum Gasteiger partial charge on any atom is -0.507 e. The molecule has 17 heavy (non-hydrogen) atoms. The van der Waals surface area contributed by atoms with Crippen LogP contribution >= 0.6 is 11.6 Å². The van der Waals surface area contributed by atoms with Gasteiger partial charge >= 0.3 is 0 Å². The number of halogens is 1. The summed E-state index contributed by atoms with van der Waals surface area (Å²) in [6.07, 6.45) is 0. The number of benzene rings is 2. The van der Waals surface area contributed by atoms with Crippen LogP contribution in [0.4, 0.5) is 5.69 Å². The Morgan fingerprint density at radius 1 is 1.12 bits per heavy atom. The van der Waals surface area contributed by atoms with Gasteiger partial charge in [0.15, 0.2) is 0 Å². The number of ether oxygens (including phenoxy) is 1. The van der Waals surface area contributed by atoms with Crippen LogP contribution in [0.25, 0.3) is 11.1 Å². The highest BCUT2D eigenvalue weighted by Gasteiger charge is 2.09. The van der Waals surface area contributed by atoms with Gasteiger partial charge in [-0.15, -0.1) is 0 Å². The zero-order valence-corrected chi connectivity index (χ0v) is 10.0. The number of anilines is 1. The SMILES string of the molecule is COc1ccc(-c2cc(Cl)ccc2O)c(N)c1. The van der Waals surface area contributed by atoms with Gasteiger partial charge < -0.3 is 15.6 Å². The van der Waals surface area contributed by atoms with E-state index in [1.807, 2.05) is 0 Å². The van der Waals surface area contributed by atoms with Crippen molar-refractivity contribution in [2.45, 2.75) is 0 Å². The van der Waals surface area contributed by atoms with Crippen molar-refractivity contribution in [1.82, 2.24) is 0 Å².